The highest BCUT2D eigenvalue weighted by Gasteiger charge is 2.26. The molecule has 174 valence electrons. The molecule has 4 aromatic carbocycles. The third kappa shape index (κ3) is 3.63. The van der Waals surface area contributed by atoms with Crippen molar-refractivity contribution in [3.05, 3.63) is 133 Å². The summed E-state index contributed by atoms with van der Waals surface area (Å²) in [7, 11) is 2.14. The molecular formula is C34H29N2+. The Bertz CT molecular complexity index is 1640. The van der Waals surface area contributed by atoms with Crippen LogP contribution >= 0.6 is 0 Å². The van der Waals surface area contributed by atoms with Crippen LogP contribution in [0.15, 0.2) is 121 Å². The van der Waals surface area contributed by atoms with Gasteiger partial charge in [-0.25, -0.2) is 0 Å². The average Bonchev–Trinajstić information content (AvgIpc) is 3.21. The first kappa shape index (κ1) is 22.1. The van der Waals surface area contributed by atoms with Crippen LogP contribution in [0.4, 0.5) is 0 Å². The zero-order chi connectivity index (χ0) is 24.6. The van der Waals surface area contributed by atoms with Crippen molar-refractivity contribution in [3.63, 3.8) is 0 Å². The van der Waals surface area contributed by atoms with E-state index in [2.05, 4.69) is 151 Å². The lowest BCUT2D eigenvalue weighted by Gasteiger charge is -2.20. The molecule has 0 atom stereocenters. The quantitative estimate of drug-likeness (QED) is 0.233. The Morgan fingerprint density at radius 3 is 1.78 bits per heavy atom. The molecule has 2 nitrogen and oxygen atoms in total. The van der Waals surface area contributed by atoms with Gasteiger partial charge in [-0.05, 0) is 42.7 Å². The van der Waals surface area contributed by atoms with Crippen LogP contribution in [0, 0.1) is 13.8 Å². The molecule has 0 saturated carbocycles. The van der Waals surface area contributed by atoms with Gasteiger partial charge >= 0.3 is 0 Å². The van der Waals surface area contributed by atoms with Crippen molar-refractivity contribution >= 4 is 10.9 Å². The molecule has 0 aliphatic rings. The number of aromatic nitrogens is 2. The fraction of sp³-hybridized carbons (Fsp3) is 0.0882. The molecule has 6 aromatic rings. The van der Waals surface area contributed by atoms with Gasteiger partial charge in [-0.15, -0.1) is 0 Å². The van der Waals surface area contributed by atoms with Crippen molar-refractivity contribution in [2.24, 2.45) is 7.05 Å². The number of pyridine rings is 1. The predicted octanol–water partition coefficient (Wildman–Crippen LogP) is 8.07. The van der Waals surface area contributed by atoms with E-state index in [9.17, 15) is 0 Å². The summed E-state index contributed by atoms with van der Waals surface area (Å²) in [6.07, 6.45) is 2.21. The molecule has 0 fully saturated rings. The first-order chi connectivity index (χ1) is 17.6. The Morgan fingerprint density at radius 1 is 0.583 bits per heavy atom. The third-order valence-corrected chi connectivity index (χ3v) is 7.08. The first-order valence-corrected chi connectivity index (χ1v) is 12.4. The van der Waals surface area contributed by atoms with Gasteiger partial charge in [0.2, 0.25) is 5.69 Å². The summed E-state index contributed by atoms with van der Waals surface area (Å²) in [6, 6.07) is 41.4. The van der Waals surface area contributed by atoms with Crippen molar-refractivity contribution in [2.45, 2.75) is 13.8 Å². The minimum Gasteiger partial charge on any atom is -0.303 e. The largest absolute Gasteiger partial charge is 0.303 e. The fourth-order valence-corrected chi connectivity index (χ4v) is 5.42. The Hall–Kier alpha value is -4.43. The Labute approximate surface area is 212 Å². The third-order valence-electron chi connectivity index (χ3n) is 7.08. The maximum atomic E-state index is 2.49. The normalized spacial score (nSPS) is 11.2. The molecule has 0 spiro atoms. The minimum absolute atomic E-state index is 1.19. The predicted molar refractivity (Wildman–Crippen MR) is 150 cm³/mol. The Balaban J connectivity index is 1.80. The minimum atomic E-state index is 1.19. The molecular weight excluding hydrogens is 436 g/mol. The van der Waals surface area contributed by atoms with E-state index in [0.29, 0.717) is 0 Å². The lowest BCUT2D eigenvalue weighted by Crippen LogP contribution is -2.31. The second-order valence-corrected chi connectivity index (χ2v) is 9.46. The number of hydrogen-bond donors (Lipinski definition) is 0. The van der Waals surface area contributed by atoms with Gasteiger partial charge in [-0.2, -0.15) is 4.57 Å². The Morgan fingerprint density at radius 2 is 1.17 bits per heavy atom. The summed E-state index contributed by atoms with van der Waals surface area (Å²) < 4.78 is 4.74. The molecule has 0 bridgehead atoms. The van der Waals surface area contributed by atoms with Crippen molar-refractivity contribution in [3.8, 4) is 39.3 Å². The number of aryl methyl sites for hydroxylation is 3. The van der Waals surface area contributed by atoms with Crippen molar-refractivity contribution in [1.29, 1.82) is 0 Å². The molecule has 0 radical (unpaired) electrons. The molecule has 0 saturated heterocycles. The number of hydrogen-bond acceptors (Lipinski definition) is 0. The van der Waals surface area contributed by atoms with E-state index in [1.165, 1.54) is 61.4 Å². The summed E-state index contributed by atoms with van der Waals surface area (Å²) in [5.74, 6) is 0. The molecule has 36 heavy (non-hydrogen) atoms. The van der Waals surface area contributed by atoms with Crippen LogP contribution in [-0.2, 0) is 7.05 Å². The number of rotatable bonds is 4. The lowest BCUT2D eigenvalue weighted by molar-refractivity contribution is -0.660. The highest BCUT2D eigenvalue weighted by Crippen LogP contribution is 2.42. The van der Waals surface area contributed by atoms with Crippen LogP contribution in [0.1, 0.15) is 11.1 Å². The van der Waals surface area contributed by atoms with Crippen molar-refractivity contribution in [2.75, 3.05) is 0 Å². The first-order valence-electron chi connectivity index (χ1n) is 12.4. The van der Waals surface area contributed by atoms with E-state index in [0.717, 1.165) is 0 Å². The summed E-state index contributed by atoms with van der Waals surface area (Å²) in [4.78, 5) is 0. The molecule has 0 aliphatic carbocycles. The molecule has 2 heteroatoms. The number of para-hydroxylation sites is 2. The number of nitrogens with zero attached hydrogens (tertiary/aromatic N) is 2. The lowest BCUT2D eigenvalue weighted by atomic mass is 9.95. The van der Waals surface area contributed by atoms with Crippen LogP contribution in [0.3, 0.4) is 0 Å². The van der Waals surface area contributed by atoms with Gasteiger partial charge in [0.25, 0.3) is 0 Å². The van der Waals surface area contributed by atoms with E-state index in [1.807, 2.05) is 0 Å². The number of benzene rings is 4. The SMILES string of the molecule is Cc1ccc(-c2c(C)c3ccccc3n2-c2c(-c3ccccc3)cccc2-c2ccccc2)[n+](C)c1. The second-order valence-electron chi connectivity index (χ2n) is 9.46. The summed E-state index contributed by atoms with van der Waals surface area (Å²) in [5, 5.41) is 1.27. The van der Waals surface area contributed by atoms with Gasteiger partial charge in [0.1, 0.15) is 12.7 Å². The molecule has 2 aromatic heterocycles. The summed E-state index contributed by atoms with van der Waals surface area (Å²) >= 11 is 0. The standard InChI is InChI=1S/C34H29N2/c1-24-21-22-32(35(3)23-24)33-25(2)28-17-10-11-20-31(28)36(33)34-29(26-13-6-4-7-14-26)18-12-19-30(34)27-15-8-5-9-16-27/h4-23H,1-3H3/q+1. The zero-order valence-electron chi connectivity index (χ0n) is 20.9. The van der Waals surface area contributed by atoms with Crippen LogP contribution in [-0.4, -0.2) is 4.57 Å². The highest BCUT2D eigenvalue weighted by atomic mass is 15.0. The molecule has 0 aliphatic heterocycles. The van der Waals surface area contributed by atoms with E-state index in [-0.39, 0.29) is 0 Å². The maximum absolute atomic E-state index is 2.49. The van der Waals surface area contributed by atoms with Gasteiger partial charge in [-0.1, -0.05) is 97.1 Å². The van der Waals surface area contributed by atoms with Gasteiger partial charge in [0.15, 0.2) is 6.20 Å². The maximum Gasteiger partial charge on any atom is 0.229 e. The van der Waals surface area contributed by atoms with Crippen LogP contribution in [0.25, 0.3) is 50.2 Å². The van der Waals surface area contributed by atoms with Crippen LogP contribution in [0.5, 0.6) is 0 Å². The number of fused-ring (bicyclic) bond motifs is 1. The topological polar surface area (TPSA) is 8.81 Å². The van der Waals surface area contributed by atoms with Gasteiger partial charge in [0.05, 0.1) is 11.2 Å². The summed E-state index contributed by atoms with van der Waals surface area (Å²) in [5.41, 5.74) is 12.2. The van der Waals surface area contributed by atoms with Gasteiger partial charge in [0, 0.05) is 28.1 Å². The zero-order valence-corrected chi connectivity index (χ0v) is 20.9. The molecule has 2 heterocycles. The van der Waals surface area contributed by atoms with E-state index in [1.54, 1.807) is 0 Å². The molecule has 0 N–H and O–H groups in total. The molecule has 6 rings (SSSR count). The van der Waals surface area contributed by atoms with Crippen molar-refractivity contribution in [1.82, 2.24) is 4.57 Å². The van der Waals surface area contributed by atoms with Crippen molar-refractivity contribution < 1.29 is 4.57 Å². The average molecular weight is 466 g/mol. The van der Waals surface area contributed by atoms with Crippen LogP contribution in [0.2, 0.25) is 0 Å². The van der Waals surface area contributed by atoms with E-state index >= 15 is 0 Å². The monoisotopic (exact) mass is 465 g/mol. The summed E-state index contributed by atoms with van der Waals surface area (Å²) in [6.45, 7) is 4.39. The molecule has 0 unspecified atom stereocenters. The molecule has 0 amide bonds. The smallest absolute Gasteiger partial charge is 0.229 e. The van der Waals surface area contributed by atoms with Gasteiger partial charge in [-0.3, -0.25) is 0 Å². The van der Waals surface area contributed by atoms with Crippen LogP contribution < -0.4 is 4.57 Å². The Kier molecular flexibility index (Phi) is 5.50. The fourth-order valence-electron chi connectivity index (χ4n) is 5.42. The van der Waals surface area contributed by atoms with E-state index in [4.69, 9.17) is 0 Å². The second kappa shape index (κ2) is 8.98. The van der Waals surface area contributed by atoms with Gasteiger partial charge < -0.3 is 4.57 Å². The van der Waals surface area contributed by atoms with E-state index < -0.39 is 0 Å². The highest BCUT2D eigenvalue weighted by molar-refractivity contribution is 5.97.